The van der Waals surface area contributed by atoms with Crippen molar-refractivity contribution in [2.75, 3.05) is 6.61 Å². The van der Waals surface area contributed by atoms with Crippen molar-refractivity contribution in [2.45, 2.75) is 79.2 Å². The Morgan fingerprint density at radius 1 is 1.11 bits per heavy atom. The monoisotopic (exact) mass is 373 g/mol. The Kier molecular flexibility index (Phi) is 12.6. The normalized spacial score (nSPS) is 14.2. The molecule has 1 rings (SSSR count). The molecule has 0 aliphatic heterocycles. The summed E-state index contributed by atoms with van der Waals surface area (Å²) in [6.45, 7) is 11.8. The summed E-state index contributed by atoms with van der Waals surface area (Å²) >= 11 is 0. The molecule has 0 aromatic heterocycles. The highest BCUT2D eigenvalue weighted by Crippen LogP contribution is 2.14. The number of benzene rings is 1. The number of carbonyl (C=O) groups excluding carboxylic acids is 1. The van der Waals surface area contributed by atoms with Crippen molar-refractivity contribution in [2.24, 2.45) is 5.73 Å². The number of hydrogen-bond acceptors (Lipinski definition) is 3. The van der Waals surface area contributed by atoms with E-state index in [0.29, 0.717) is 6.42 Å². The van der Waals surface area contributed by atoms with Crippen LogP contribution in [0.5, 0.6) is 0 Å². The molecule has 0 aliphatic rings. The van der Waals surface area contributed by atoms with Gasteiger partial charge in [-0.15, -0.1) is 0 Å². The van der Waals surface area contributed by atoms with Gasteiger partial charge < -0.3 is 10.8 Å². The largest absolute Gasteiger partial charge is 0.394 e. The Balaban J connectivity index is 0.00000326. The summed E-state index contributed by atoms with van der Waals surface area (Å²) in [5.41, 5.74) is 9.89. The van der Waals surface area contributed by atoms with Gasteiger partial charge in [-0.3, -0.25) is 4.79 Å². The molecule has 0 fully saturated rings. The number of rotatable bonds is 10. The average molecular weight is 374 g/mol. The van der Waals surface area contributed by atoms with E-state index >= 15 is 0 Å². The van der Waals surface area contributed by atoms with Gasteiger partial charge in [-0.2, -0.15) is 0 Å². The summed E-state index contributed by atoms with van der Waals surface area (Å²) in [5, 5.41) is 9.18. The van der Waals surface area contributed by atoms with Gasteiger partial charge in [0.15, 0.2) is 5.78 Å². The molecule has 3 heteroatoms. The highest BCUT2D eigenvalue weighted by Gasteiger charge is 2.16. The first-order valence-electron chi connectivity index (χ1n) is 10.1. The summed E-state index contributed by atoms with van der Waals surface area (Å²) in [6.07, 6.45) is 7.82. The molecule has 0 radical (unpaired) electrons. The van der Waals surface area contributed by atoms with Gasteiger partial charge in [0.05, 0.1) is 6.61 Å². The summed E-state index contributed by atoms with van der Waals surface area (Å²) in [6, 6.07) is 8.48. The Hall–Kier alpha value is -1.71. The number of carbonyl (C=O) groups is 1. The zero-order valence-electron chi connectivity index (χ0n) is 18.1. The maximum absolute atomic E-state index is 12.2. The van der Waals surface area contributed by atoms with Gasteiger partial charge in [0.2, 0.25) is 0 Å². The highest BCUT2D eigenvalue weighted by molar-refractivity contribution is 5.94. The topological polar surface area (TPSA) is 63.3 Å². The maximum atomic E-state index is 12.2. The molecule has 0 aliphatic carbocycles. The van der Waals surface area contributed by atoms with E-state index in [1.54, 1.807) is 0 Å². The Morgan fingerprint density at radius 2 is 1.70 bits per heavy atom. The fourth-order valence-corrected chi connectivity index (χ4v) is 2.41. The Morgan fingerprint density at radius 3 is 2.26 bits per heavy atom. The van der Waals surface area contributed by atoms with Gasteiger partial charge in [0, 0.05) is 12.0 Å². The highest BCUT2D eigenvalue weighted by atomic mass is 16.3. The predicted molar refractivity (Wildman–Crippen MR) is 117 cm³/mol. The second-order valence-corrected chi connectivity index (χ2v) is 7.44. The van der Waals surface area contributed by atoms with Crippen LogP contribution in [0.3, 0.4) is 0 Å². The summed E-state index contributed by atoms with van der Waals surface area (Å²) in [4.78, 5) is 12.2. The molecule has 27 heavy (non-hydrogen) atoms. The molecule has 1 aromatic carbocycles. The van der Waals surface area contributed by atoms with Crippen molar-refractivity contribution in [1.29, 1.82) is 0 Å². The minimum atomic E-state index is -0.542. The fourth-order valence-electron chi connectivity index (χ4n) is 2.41. The molecule has 3 nitrogen and oxygen atoms in total. The third kappa shape index (κ3) is 11.6. The fraction of sp³-hybridized carbons (Fsp3) is 0.542. The molecule has 0 saturated heterocycles. The smallest absolute Gasteiger partial charge is 0.158 e. The number of allylic oxidation sites excluding steroid dienone is 4. The third-order valence-electron chi connectivity index (χ3n) is 4.50. The van der Waals surface area contributed by atoms with Crippen LogP contribution in [0.15, 0.2) is 47.6 Å². The van der Waals surface area contributed by atoms with E-state index in [4.69, 9.17) is 5.73 Å². The molecule has 0 unspecified atom stereocenters. The predicted octanol–water partition coefficient (Wildman–Crippen LogP) is 5.30. The van der Waals surface area contributed by atoms with Crippen LogP contribution in [0.4, 0.5) is 0 Å². The number of aliphatic hydroxyl groups excluding tert-OH is 1. The lowest BCUT2D eigenvalue weighted by atomic mass is 9.95. The molecular formula is C24H39NO2. The molecule has 152 valence electrons. The third-order valence-corrected chi connectivity index (χ3v) is 4.50. The molecule has 1 atom stereocenters. The zero-order valence-corrected chi connectivity index (χ0v) is 18.1. The van der Waals surface area contributed by atoms with E-state index < -0.39 is 5.54 Å². The molecular weight excluding hydrogens is 334 g/mol. The zero-order chi connectivity index (χ0) is 20.9. The molecule has 1 aromatic rings. The first-order valence-corrected chi connectivity index (χ1v) is 10.1. The van der Waals surface area contributed by atoms with Crippen molar-refractivity contribution in [1.82, 2.24) is 0 Å². The van der Waals surface area contributed by atoms with Crippen LogP contribution in [0.2, 0.25) is 0 Å². The molecule has 0 saturated carbocycles. The van der Waals surface area contributed by atoms with E-state index in [9.17, 15) is 9.90 Å². The van der Waals surface area contributed by atoms with Crippen molar-refractivity contribution < 1.29 is 9.90 Å². The summed E-state index contributed by atoms with van der Waals surface area (Å²) in [7, 11) is 0. The number of nitrogens with two attached hydrogens (primary N) is 1. The number of aryl methyl sites for hydroxylation is 2. The molecule has 3 N–H and O–H groups in total. The summed E-state index contributed by atoms with van der Waals surface area (Å²) < 4.78 is 0. The van der Waals surface area contributed by atoms with E-state index in [-0.39, 0.29) is 12.4 Å². The lowest BCUT2D eigenvalue weighted by molar-refractivity contribution is -0.115. The van der Waals surface area contributed by atoms with E-state index in [0.717, 1.165) is 36.8 Å². The molecule has 0 spiro atoms. The standard InChI is InChI=1S/C22H33NO2.C2H6/c1-17-9-12-20(13-10-17)6-5-7-21(25)19(3)11-8-18(2)14-15-22(4,23)16-24;1-2/h8-13,24H,5-7,14-16,23H2,1-4H3;1-2H3/b18-8+,19-11+;/t22-;/m1./s1. The van der Waals surface area contributed by atoms with Crippen molar-refractivity contribution >= 4 is 5.78 Å². The first kappa shape index (κ1) is 25.3. The van der Waals surface area contributed by atoms with Gasteiger partial charge in [-0.05, 0) is 64.5 Å². The maximum Gasteiger partial charge on any atom is 0.158 e. The minimum absolute atomic E-state index is 0.0192. The minimum Gasteiger partial charge on any atom is -0.394 e. The lowest BCUT2D eigenvalue weighted by Crippen LogP contribution is -2.39. The molecule has 0 heterocycles. The Labute approximate surface area is 166 Å². The number of hydrogen-bond donors (Lipinski definition) is 2. The van der Waals surface area contributed by atoms with Gasteiger partial charge in [0.25, 0.3) is 0 Å². The second-order valence-electron chi connectivity index (χ2n) is 7.44. The lowest BCUT2D eigenvalue weighted by Gasteiger charge is -2.21. The summed E-state index contributed by atoms with van der Waals surface area (Å²) in [5.74, 6) is 0.204. The first-order chi connectivity index (χ1) is 12.7. The van der Waals surface area contributed by atoms with Crippen LogP contribution in [-0.2, 0) is 11.2 Å². The SMILES string of the molecule is C/C(=C\C=C(/C)C(=O)CCCc1ccc(C)cc1)CC[C@@](C)(N)CO.CC. The van der Waals surface area contributed by atoms with Crippen LogP contribution in [-0.4, -0.2) is 23.0 Å². The van der Waals surface area contributed by atoms with Crippen LogP contribution in [0, 0.1) is 6.92 Å². The van der Waals surface area contributed by atoms with E-state index in [1.165, 1.54) is 11.1 Å². The van der Waals surface area contributed by atoms with Crippen molar-refractivity contribution in [3.8, 4) is 0 Å². The van der Waals surface area contributed by atoms with E-state index in [2.05, 4.69) is 31.2 Å². The number of Topliss-reactive ketones (excluding diaryl/α,β-unsaturated/α-hetero) is 1. The Bertz CT molecular complexity index is 610. The van der Waals surface area contributed by atoms with Crippen molar-refractivity contribution in [3.05, 3.63) is 58.7 Å². The van der Waals surface area contributed by atoms with Crippen LogP contribution in [0.25, 0.3) is 0 Å². The molecule has 0 amide bonds. The second kappa shape index (κ2) is 13.5. The molecule has 0 bridgehead atoms. The van der Waals surface area contributed by atoms with Crippen LogP contribution >= 0.6 is 0 Å². The number of aliphatic hydroxyl groups is 1. The van der Waals surface area contributed by atoms with Gasteiger partial charge in [-0.1, -0.05) is 61.4 Å². The van der Waals surface area contributed by atoms with Gasteiger partial charge in [-0.25, -0.2) is 0 Å². The van der Waals surface area contributed by atoms with Crippen LogP contribution in [0.1, 0.15) is 71.4 Å². The van der Waals surface area contributed by atoms with Gasteiger partial charge >= 0.3 is 0 Å². The average Bonchev–Trinajstić information content (AvgIpc) is 2.67. The van der Waals surface area contributed by atoms with Gasteiger partial charge in [0.1, 0.15) is 0 Å². The van der Waals surface area contributed by atoms with Crippen LogP contribution < -0.4 is 5.73 Å². The number of ketones is 1. The quantitative estimate of drug-likeness (QED) is 0.432. The van der Waals surface area contributed by atoms with E-state index in [1.807, 2.05) is 46.8 Å². The van der Waals surface area contributed by atoms with Crippen molar-refractivity contribution in [3.63, 3.8) is 0 Å².